The summed E-state index contributed by atoms with van der Waals surface area (Å²) in [6, 6.07) is 7.63. The Kier molecular flexibility index (Phi) is 5.28. The number of amides is 4. The Morgan fingerprint density at radius 1 is 1.14 bits per heavy atom. The highest BCUT2D eigenvalue weighted by atomic mass is 16.7. The predicted octanol–water partition coefficient (Wildman–Crippen LogP) is 0.980. The number of rotatable bonds is 7. The van der Waals surface area contributed by atoms with Gasteiger partial charge in [-0.2, -0.15) is 0 Å². The minimum Gasteiger partial charge on any atom is -0.454 e. The number of hydrogen-bond acceptors (Lipinski definition) is 6. The lowest BCUT2D eigenvalue weighted by atomic mass is 10.1. The number of hydrogen-bond donors (Lipinski definition) is 2. The standard InChI is InChI=1S/C20H20N4O5/c25-18(22-8-5-13-3-6-21-7-4-13)10-15-19(26)24(20(27)23-15)11-14-1-2-16-17(9-14)29-12-28-16/h1-4,6-7,9,15H,5,8,10-12H2,(H,22,25)(H,23,27)/t15-/m0/s1. The summed E-state index contributed by atoms with van der Waals surface area (Å²) in [5.41, 5.74) is 1.79. The molecule has 150 valence electrons. The van der Waals surface area contributed by atoms with Crippen molar-refractivity contribution in [1.29, 1.82) is 0 Å². The van der Waals surface area contributed by atoms with Crippen LogP contribution in [0, 0.1) is 0 Å². The number of carbonyl (C=O) groups excluding carboxylic acids is 3. The minimum absolute atomic E-state index is 0.0987. The first-order chi connectivity index (χ1) is 14.1. The van der Waals surface area contributed by atoms with Crippen LogP contribution < -0.4 is 20.1 Å². The zero-order chi connectivity index (χ0) is 20.2. The van der Waals surface area contributed by atoms with Gasteiger partial charge in [-0.25, -0.2) is 4.79 Å². The van der Waals surface area contributed by atoms with Crippen LogP contribution in [0.3, 0.4) is 0 Å². The summed E-state index contributed by atoms with van der Waals surface area (Å²) in [7, 11) is 0. The topological polar surface area (TPSA) is 110 Å². The zero-order valence-electron chi connectivity index (χ0n) is 15.6. The van der Waals surface area contributed by atoms with Crippen LogP contribution in [-0.4, -0.2) is 47.1 Å². The van der Waals surface area contributed by atoms with Gasteiger partial charge in [0.15, 0.2) is 11.5 Å². The molecule has 9 nitrogen and oxygen atoms in total. The Morgan fingerprint density at radius 3 is 2.76 bits per heavy atom. The normalized spacial score (nSPS) is 17.4. The fraction of sp³-hybridized carbons (Fsp3) is 0.300. The smallest absolute Gasteiger partial charge is 0.325 e. The van der Waals surface area contributed by atoms with E-state index in [2.05, 4.69) is 15.6 Å². The van der Waals surface area contributed by atoms with Crippen LogP contribution in [0.2, 0.25) is 0 Å². The van der Waals surface area contributed by atoms with E-state index < -0.39 is 18.0 Å². The summed E-state index contributed by atoms with van der Waals surface area (Å²) < 4.78 is 10.6. The third-order valence-corrected chi connectivity index (χ3v) is 4.76. The van der Waals surface area contributed by atoms with E-state index in [4.69, 9.17) is 9.47 Å². The van der Waals surface area contributed by atoms with Gasteiger partial charge in [-0.15, -0.1) is 0 Å². The first kappa shape index (κ1) is 18.7. The number of pyridine rings is 1. The highest BCUT2D eigenvalue weighted by Gasteiger charge is 2.39. The number of nitrogens with one attached hydrogen (secondary N) is 2. The molecule has 2 aliphatic rings. The lowest BCUT2D eigenvalue weighted by Crippen LogP contribution is -2.37. The summed E-state index contributed by atoms with van der Waals surface area (Å²) in [5, 5.41) is 5.35. The molecule has 4 rings (SSSR count). The molecule has 2 aromatic rings. The Morgan fingerprint density at radius 2 is 1.93 bits per heavy atom. The monoisotopic (exact) mass is 396 g/mol. The molecule has 1 fully saturated rings. The number of fused-ring (bicyclic) bond motifs is 1. The largest absolute Gasteiger partial charge is 0.454 e. The number of nitrogens with zero attached hydrogens (tertiary/aromatic N) is 2. The number of ether oxygens (including phenoxy) is 2. The van der Waals surface area contributed by atoms with Gasteiger partial charge >= 0.3 is 6.03 Å². The Hall–Kier alpha value is -3.62. The highest BCUT2D eigenvalue weighted by molar-refractivity contribution is 6.05. The number of benzene rings is 1. The van der Waals surface area contributed by atoms with E-state index >= 15 is 0 Å². The van der Waals surface area contributed by atoms with Crippen LogP contribution in [0.1, 0.15) is 17.5 Å². The molecule has 0 radical (unpaired) electrons. The molecule has 1 aromatic carbocycles. The molecule has 0 unspecified atom stereocenters. The SMILES string of the molecule is O=C(C[C@@H]1NC(=O)N(Cc2ccc3c(c2)OCO3)C1=O)NCCc1ccncc1. The van der Waals surface area contributed by atoms with E-state index in [9.17, 15) is 14.4 Å². The Balaban J connectivity index is 1.29. The maximum atomic E-state index is 12.6. The molecule has 9 heteroatoms. The molecule has 0 aliphatic carbocycles. The molecular weight excluding hydrogens is 376 g/mol. The quantitative estimate of drug-likeness (QED) is 0.675. The lowest BCUT2D eigenvalue weighted by Gasteiger charge is -2.13. The Bertz CT molecular complexity index is 934. The van der Waals surface area contributed by atoms with Crippen molar-refractivity contribution in [2.45, 2.75) is 25.4 Å². The van der Waals surface area contributed by atoms with Crippen LogP contribution in [-0.2, 0) is 22.6 Å². The molecule has 0 bridgehead atoms. The van der Waals surface area contributed by atoms with Crippen molar-refractivity contribution in [3.63, 3.8) is 0 Å². The first-order valence-corrected chi connectivity index (χ1v) is 9.26. The minimum atomic E-state index is -0.863. The molecule has 1 saturated heterocycles. The molecule has 1 atom stereocenters. The van der Waals surface area contributed by atoms with Crippen molar-refractivity contribution in [1.82, 2.24) is 20.5 Å². The van der Waals surface area contributed by atoms with Gasteiger partial charge in [0.1, 0.15) is 6.04 Å². The van der Waals surface area contributed by atoms with Crippen molar-refractivity contribution in [3.8, 4) is 11.5 Å². The summed E-state index contributed by atoms with van der Waals surface area (Å²) in [4.78, 5) is 42.0. The average molecular weight is 396 g/mol. The van der Waals surface area contributed by atoms with Crippen molar-refractivity contribution in [2.24, 2.45) is 0 Å². The number of carbonyl (C=O) groups is 3. The summed E-state index contributed by atoms with van der Waals surface area (Å²) in [5.74, 6) is 0.506. The van der Waals surface area contributed by atoms with E-state index in [1.165, 1.54) is 0 Å². The van der Waals surface area contributed by atoms with Gasteiger partial charge in [-0.05, 0) is 41.8 Å². The lowest BCUT2D eigenvalue weighted by molar-refractivity contribution is -0.131. The van der Waals surface area contributed by atoms with Crippen LogP contribution in [0.4, 0.5) is 4.79 Å². The molecule has 2 aliphatic heterocycles. The average Bonchev–Trinajstić information content (AvgIpc) is 3.28. The van der Waals surface area contributed by atoms with E-state index in [-0.39, 0.29) is 25.7 Å². The van der Waals surface area contributed by atoms with Crippen molar-refractivity contribution < 1.29 is 23.9 Å². The van der Waals surface area contributed by atoms with Crippen molar-refractivity contribution >= 4 is 17.8 Å². The van der Waals surface area contributed by atoms with Gasteiger partial charge in [-0.3, -0.25) is 19.5 Å². The van der Waals surface area contributed by atoms with Crippen LogP contribution >= 0.6 is 0 Å². The van der Waals surface area contributed by atoms with Crippen molar-refractivity contribution in [3.05, 3.63) is 53.9 Å². The van der Waals surface area contributed by atoms with Gasteiger partial charge in [0.25, 0.3) is 5.91 Å². The fourth-order valence-corrected chi connectivity index (χ4v) is 3.24. The fourth-order valence-electron chi connectivity index (χ4n) is 3.24. The van der Waals surface area contributed by atoms with Gasteiger partial charge in [0.05, 0.1) is 13.0 Å². The van der Waals surface area contributed by atoms with E-state index in [1.54, 1.807) is 30.6 Å². The van der Waals surface area contributed by atoms with Crippen LogP contribution in [0.25, 0.3) is 0 Å². The molecular formula is C20H20N4O5. The first-order valence-electron chi connectivity index (χ1n) is 9.26. The van der Waals surface area contributed by atoms with Gasteiger partial charge in [-0.1, -0.05) is 6.07 Å². The second-order valence-corrected chi connectivity index (χ2v) is 6.77. The summed E-state index contributed by atoms with van der Waals surface area (Å²) >= 11 is 0. The van der Waals surface area contributed by atoms with Crippen LogP contribution in [0.15, 0.2) is 42.7 Å². The van der Waals surface area contributed by atoms with E-state index in [0.717, 1.165) is 16.0 Å². The third-order valence-electron chi connectivity index (χ3n) is 4.76. The third kappa shape index (κ3) is 4.29. The number of imide groups is 1. The summed E-state index contributed by atoms with van der Waals surface area (Å²) in [6.45, 7) is 0.695. The molecule has 29 heavy (non-hydrogen) atoms. The van der Waals surface area contributed by atoms with Crippen LogP contribution in [0.5, 0.6) is 11.5 Å². The predicted molar refractivity (Wildman–Crippen MR) is 101 cm³/mol. The maximum absolute atomic E-state index is 12.6. The van der Waals surface area contributed by atoms with Gasteiger partial charge in [0, 0.05) is 18.9 Å². The highest BCUT2D eigenvalue weighted by Crippen LogP contribution is 2.33. The number of urea groups is 1. The molecule has 1 aromatic heterocycles. The Labute approximate surface area is 167 Å². The molecule has 0 spiro atoms. The van der Waals surface area contributed by atoms with Crippen molar-refractivity contribution in [2.75, 3.05) is 13.3 Å². The zero-order valence-corrected chi connectivity index (χ0v) is 15.6. The molecule has 3 heterocycles. The summed E-state index contributed by atoms with van der Waals surface area (Å²) in [6.07, 6.45) is 3.95. The molecule has 2 N–H and O–H groups in total. The van der Waals surface area contributed by atoms with Gasteiger partial charge < -0.3 is 20.1 Å². The van der Waals surface area contributed by atoms with E-state index in [0.29, 0.717) is 24.5 Å². The number of aromatic nitrogens is 1. The van der Waals surface area contributed by atoms with E-state index in [1.807, 2.05) is 12.1 Å². The molecule has 4 amide bonds. The van der Waals surface area contributed by atoms with Gasteiger partial charge in [0.2, 0.25) is 12.7 Å². The maximum Gasteiger partial charge on any atom is 0.325 e. The second kappa shape index (κ2) is 8.17. The molecule has 0 saturated carbocycles. The second-order valence-electron chi connectivity index (χ2n) is 6.77.